The van der Waals surface area contributed by atoms with Gasteiger partial charge in [-0.05, 0) is 46.0 Å². The van der Waals surface area contributed by atoms with Gasteiger partial charge in [0.2, 0.25) is 0 Å². The summed E-state index contributed by atoms with van der Waals surface area (Å²) in [6, 6.07) is 2.28. The van der Waals surface area contributed by atoms with Gasteiger partial charge in [-0.15, -0.1) is 0 Å². The Hall–Kier alpha value is -1.29. The second-order valence-corrected chi connectivity index (χ2v) is 4.54. The van der Waals surface area contributed by atoms with Gasteiger partial charge in [0.15, 0.2) is 4.77 Å². The van der Waals surface area contributed by atoms with Crippen LogP contribution in [-0.4, -0.2) is 9.55 Å². The van der Waals surface area contributed by atoms with Crippen LogP contribution >= 0.6 is 12.2 Å². The molecule has 3 nitrogen and oxygen atoms in total. The maximum Gasteiger partial charge on any atom is 0.177 e. The van der Waals surface area contributed by atoms with Gasteiger partial charge in [0.1, 0.15) is 11.5 Å². The van der Waals surface area contributed by atoms with Gasteiger partial charge >= 0.3 is 0 Å². The fraction of sp³-hybridized carbons (Fsp3) is 0.417. The number of aromatic amines is 1. The first-order valence-corrected chi connectivity index (χ1v) is 5.75. The summed E-state index contributed by atoms with van der Waals surface area (Å²) in [5, 5.41) is 0. The van der Waals surface area contributed by atoms with Crippen LogP contribution in [0.1, 0.15) is 35.7 Å². The molecule has 0 fully saturated rings. The van der Waals surface area contributed by atoms with E-state index in [0.717, 1.165) is 22.0 Å². The lowest BCUT2D eigenvalue weighted by atomic mass is 10.1. The van der Waals surface area contributed by atoms with Crippen LogP contribution in [0.3, 0.4) is 0 Å². The van der Waals surface area contributed by atoms with Crippen molar-refractivity contribution in [3.05, 3.63) is 39.8 Å². The standard InChI is InChI=1S/C12H16N2OS/c1-7-6-13-12(16)14(7)9(3)11-5-8(2)15-10(11)4/h5-6,9H,1-4H3,(H,13,16). The average molecular weight is 236 g/mol. The third kappa shape index (κ3) is 1.73. The molecule has 0 aliphatic rings. The van der Waals surface area contributed by atoms with Crippen LogP contribution in [0, 0.1) is 25.5 Å². The lowest BCUT2D eigenvalue weighted by molar-refractivity contribution is 0.493. The molecule has 0 aromatic carbocycles. The number of imidazole rings is 1. The summed E-state index contributed by atoms with van der Waals surface area (Å²) in [6.45, 7) is 8.13. The number of furan rings is 1. The smallest absolute Gasteiger partial charge is 0.177 e. The van der Waals surface area contributed by atoms with Crippen molar-refractivity contribution in [2.45, 2.75) is 33.7 Å². The Kier molecular flexibility index (Phi) is 2.76. The monoisotopic (exact) mass is 236 g/mol. The van der Waals surface area contributed by atoms with Gasteiger partial charge < -0.3 is 14.0 Å². The van der Waals surface area contributed by atoms with Crippen LogP contribution in [0.4, 0.5) is 0 Å². The number of hydrogen-bond donors (Lipinski definition) is 1. The molecular formula is C12H16N2OS. The molecule has 0 bridgehead atoms. The molecule has 0 aliphatic carbocycles. The first-order chi connectivity index (χ1) is 7.50. The Morgan fingerprint density at radius 3 is 2.50 bits per heavy atom. The highest BCUT2D eigenvalue weighted by Crippen LogP contribution is 2.25. The van der Waals surface area contributed by atoms with E-state index < -0.39 is 0 Å². The van der Waals surface area contributed by atoms with Crippen molar-refractivity contribution in [1.82, 2.24) is 9.55 Å². The minimum Gasteiger partial charge on any atom is -0.466 e. The van der Waals surface area contributed by atoms with Gasteiger partial charge in [0.05, 0.1) is 6.04 Å². The number of rotatable bonds is 2. The molecule has 2 aromatic rings. The Labute approximate surface area is 100 Å². The molecule has 16 heavy (non-hydrogen) atoms. The minimum absolute atomic E-state index is 0.205. The predicted octanol–water partition coefficient (Wildman–Crippen LogP) is 3.67. The maximum atomic E-state index is 5.56. The van der Waals surface area contributed by atoms with Crippen molar-refractivity contribution in [3.8, 4) is 0 Å². The van der Waals surface area contributed by atoms with Gasteiger partial charge in [0.25, 0.3) is 0 Å². The molecule has 0 amide bonds. The molecule has 0 spiro atoms. The number of hydrogen-bond acceptors (Lipinski definition) is 2. The van der Waals surface area contributed by atoms with E-state index in [0.29, 0.717) is 0 Å². The number of nitrogens with zero attached hydrogens (tertiary/aromatic N) is 1. The van der Waals surface area contributed by atoms with Crippen molar-refractivity contribution in [3.63, 3.8) is 0 Å². The second kappa shape index (κ2) is 3.94. The van der Waals surface area contributed by atoms with Gasteiger partial charge in [0, 0.05) is 17.5 Å². The zero-order valence-electron chi connectivity index (χ0n) is 10.00. The number of aryl methyl sites for hydroxylation is 3. The topological polar surface area (TPSA) is 33.9 Å². The Morgan fingerprint density at radius 2 is 2.06 bits per heavy atom. The lowest BCUT2D eigenvalue weighted by Gasteiger charge is -2.14. The van der Waals surface area contributed by atoms with Crippen LogP contribution in [0.2, 0.25) is 0 Å². The fourth-order valence-electron chi connectivity index (χ4n) is 2.15. The molecule has 1 unspecified atom stereocenters. The number of aromatic nitrogens is 2. The summed E-state index contributed by atoms with van der Waals surface area (Å²) >= 11 is 5.28. The van der Waals surface area contributed by atoms with E-state index in [1.807, 2.05) is 27.0 Å². The van der Waals surface area contributed by atoms with E-state index in [-0.39, 0.29) is 6.04 Å². The molecule has 0 saturated carbocycles. The van der Waals surface area contributed by atoms with Crippen molar-refractivity contribution < 1.29 is 4.42 Å². The van der Waals surface area contributed by atoms with Gasteiger partial charge in [-0.1, -0.05) is 0 Å². The third-order valence-electron chi connectivity index (χ3n) is 2.92. The third-order valence-corrected chi connectivity index (χ3v) is 3.23. The zero-order valence-corrected chi connectivity index (χ0v) is 10.8. The molecule has 0 saturated heterocycles. The fourth-order valence-corrected chi connectivity index (χ4v) is 2.51. The van der Waals surface area contributed by atoms with Crippen LogP contribution in [0.15, 0.2) is 16.7 Å². The van der Waals surface area contributed by atoms with E-state index in [1.165, 1.54) is 5.56 Å². The molecule has 2 rings (SSSR count). The normalized spacial score (nSPS) is 13.0. The van der Waals surface area contributed by atoms with E-state index in [4.69, 9.17) is 16.6 Å². The minimum atomic E-state index is 0.205. The summed E-state index contributed by atoms with van der Waals surface area (Å²) < 4.78 is 8.41. The van der Waals surface area contributed by atoms with Crippen molar-refractivity contribution in [1.29, 1.82) is 0 Å². The van der Waals surface area contributed by atoms with Crippen molar-refractivity contribution in [2.75, 3.05) is 0 Å². The maximum absolute atomic E-state index is 5.56. The number of nitrogens with one attached hydrogen (secondary N) is 1. The summed E-state index contributed by atoms with van der Waals surface area (Å²) in [4.78, 5) is 3.06. The predicted molar refractivity (Wildman–Crippen MR) is 66.3 cm³/mol. The molecule has 1 atom stereocenters. The molecule has 0 aliphatic heterocycles. The lowest BCUT2D eigenvalue weighted by Crippen LogP contribution is -2.08. The molecular weight excluding hydrogens is 220 g/mol. The molecule has 86 valence electrons. The number of H-pyrrole nitrogens is 1. The largest absolute Gasteiger partial charge is 0.466 e. The Bertz CT molecular complexity index is 562. The van der Waals surface area contributed by atoms with E-state index >= 15 is 0 Å². The molecule has 2 aromatic heterocycles. The molecule has 2 heterocycles. The Balaban J connectivity index is 2.51. The highest BCUT2D eigenvalue weighted by molar-refractivity contribution is 7.71. The van der Waals surface area contributed by atoms with E-state index in [1.54, 1.807) is 0 Å². The first-order valence-electron chi connectivity index (χ1n) is 5.34. The summed E-state index contributed by atoms with van der Waals surface area (Å²) in [5.41, 5.74) is 2.33. The highest BCUT2D eigenvalue weighted by Gasteiger charge is 2.16. The Morgan fingerprint density at radius 1 is 1.38 bits per heavy atom. The second-order valence-electron chi connectivity index (χ2n) is 4.15. The van der Waals surface area contributed by atoms with Gasteiger partial charge in [-0.25, -0.2) is 0 Å². The van der Waals surface area contributed by atoms with E-state index in [2.05, 4.69) is 22.5 Å². The first kappa shape index (κ1) is 11.2. The molecule has 0 radical (unpaired) electrons. The van der Waals surface area contributed by atoms with E-state index in [9.17, 15) is 0 Å². The van der Waals surface area contributed by atoms with Crippen molar-refractivity contribution >= 4 is 12.2 Å². The summed E-state index contributed by atoms with van der Waals surface area (Å²) in [5.74, 6) is 1.91. The quantitative estimate of drug-likeness (QED) is 0.807. The van der Waals surface area contributed by atoms with Gasteiger partial charge in [-0.2, -0.15) is 0 Å². The highest BCUT2D eigenvalue weighted by atomic mass is 32.1. The molecule has 4 heteroatoms. The summed E-state index contributed by atoms with van der Waals surface area (Å²) in [7, 11) is 0. The van der Waals surface area contributed by atoms with Crippen LogP contribution in [-0.2, 0) is 0 Å². The average Bonchev–Trinajstić information content (AvgIpc) is 2.70. The molecule has 1 N–H and O–H groups in total. The SMILES string of the molecule is Cc1cc(C(C)n2c(C)c[nH]c2=S)c(C)o1. The van der Waals surface area contributed by atoms with Crippen LogP contribution in [0.25, 0.3) is 0 Å². The zero-order chi connectivity index (χ0) is 11.9. The van der Waals surface area contributed by atoms with Gasteiger partial charge in [-0.3, -0.25) is 0 Å². The summed E-state index contributed by atoms with van der Waals surface area (Å²) in [6.07, 6.45) is 1.93. The van der Waals surface area contributed by atoms with Crippen LogP contribution in [0.5, 0.6) is 0 Å². The van der Waals surface area contributed by atoms with Crippen LogP contribution < -0.4 is 0 Å². The van der Waals surface area contributed by atoms with Crippen molar-refractivity contribution in [2.24, 2.45) is 0 Å².